The number of halogens is 2. The fourth-order valence-electron chi connectivity index (χ4n) is 2.15. The van der Waals surface area contributed by atoms with Gasteiger partial charge >= 0.3 is 0 Å². The quantitative estimate of drug-likeness (QED) is 0.762. The molecule has 0 radical (unpaired) electrons. The van der Waals surface area contributed by atoms with Crippen LogP contribution in [0, 0.1) is 5.82 Å². The minimum Gasteiger partial charge on any atom is -0.321 e. The summed E-state index contributed by atoms with van der Waals surface area (Å²) in [6.07, 6.45) is 4.00. The summed E-state index contributed by atoms with van der Waals surface area (Å²) in [4.78, 5) is 0. The minimum absolute atomic E-state index is 0.263. The predicted octanol–water partition coefficient (Wildman–Crippen LogP) is 3.21. The van der Waals surface area contributed by atoms with E-state index in [1.54, 1.807) is 6.07 Å². The lowest BCUT2D eigenvalue weighted by molar-refractivity contribution is 0.458. The third-order valence-corrected chi connectivity index (χ3v) is 3.29. The summed E-state index contributed by atoms with van der Waals surface area (Å²) in [6.45, 7) is 0. The van der Waals surface area contributed by atoms with Crippen molar-refractivity contribution in [1.82, 2.24) is 0 Å². The summed E-state index contributed by atoms with van der Waals surface area (Å²) in [7, 11) is 0. The Morgan fingerprint density at radius 2 is 1.93 bits per heavy atom. The molecule has 1 saturated carbocycles. The molecular formula is C11H13ClFN. The van der Waals surface area contributed by atoms with E-state index in [9.17, 15) is 4.39 Å². The van der Waals surface area contributed by atoms with Gasteiger partial charge in [-0.1, -0.05) is 24.4 Å². The number of nitrogens with two attached hydrogens (primary N) is 1. The van der Waals surface area contributed by atoms with Gasteiger partial charge in [-0.25, -0.2) is 4.39 Å². The van der Waals surface area contributed by atoms with Crippen LogP contribution in [0.3, 0.4) is 0 Å². The van der Waals surface area contributed by atoms with E-state index in [4.69, 9.17) is 17.3 Å². The first-order valence-corrected chi connectivity index (χ1v) is 5.24. The highest BCUT2D eigenvalue weighted by Gasteiger charge is 2.33. The molecule has 0 amide bonds. The summed E-state index contributed by atoms with van der Waals surface area (Å²) in [6, 6.07) is 4.41. The monoisotopic (exact) mass is 213 g/mol. The Kier molecular flexibility index (Phi) is 2.50. The molecule has 0 saturated heterocycles. The van der Waals surface area contributed by atoms with Crippen LogP contribution in [0.2, 0.25) is 5.02 Å². The Bertz CT molecular complexity index is 345. The fraction of sp³-hybridized carbons (Fsp3) is 0.455. The maximum atomic E-state index is 13.1. The second-order valence-electron chi connectivity index (χ2n) is 3.99. The average Bonchev–Trinajstić information content (AvgIpc) is 2.58. The highest BCUT2D eigenvalue weighted by Crippen LogP contribution is 2.39. The molecule has 0 bridgehead atoms. The summed E-state index contributed by atoms with van der Waals surface area (Å²) in [5.41, 5.74) is 6.56. The average molecular weight is 214 g/mol. The molecule has 14 heavy (non-hydrogen) atoms. The van der Waals surface area contributed by atoms with Gasteiger partial charge < -0.3 is 5.73 Å². The van der Waals surface area contributed by atoms with Crippen molar-refractivity contribution < 1.29 is 4.39 Å². The lowest BCUT2D eigenvalue weighted by atomic mass is 9.89. The predicted molar refractivity (Wildman–Crippen MR) is 55.7 cm³/mol. The first-order valence-electron chi connectivity index (χ1n) is 4.86. The zero-order valence-corrected chi connectivity index (χ0v) is 8.65. The van der Waals surface area contributed by atoms with Gasteiger partial charge in [0.25, 0.3) is 0 Å². The van der Waals surface area contributed by atoms with Crippen molar-refractivity contribution in [2.24, 2.45) is 5.73 Å². The van der Waals surface area contributed by atoms with Gasteiger partial charge in [-0.3, -0.25) is 0 Å². The lowest BCUT2D eigenvalue weighted by Crippen LogP contribution is -2.33. The van der Waals surface area contributed by atoms with E-state index in [2.05, 4.69) is 0 Å². The first kappa shape index (κ1) is 9.94. The smallest absolute Gasteiger partial charge is 0.123 e. The standard InChI is InChI=1S/C11H13ClFN/c12-10-4-3-8(13)7-9(10)11(14)5-1-2-6-11/h3-4,7H,1-2,5-6,14H2. The van der Waals surface area contributed by atoms with Gasteiger partial charge in [0.2, 0.25) is 0 Å². The van der Waals surface area contributed by atoms with Crippen LogP contribution in [0.25, 0.3) is 0 Å². The van der Waals surface area contributed by atoms with Crippen molar-refractivity contribution in [2.75, 3.05) is 0 Å². The molecule has 1 nitrogen and oxygen atoms in total. The van der Waals surface area contributed by atoms with Crippen molar-refractivity contribution in [3.63, 3.8) is 0 Å². The molecule has 2 N–H and O–H groups in total. The van der Waals surface area contributed by atoms with Crippen LogP contribution < -0.4 is 5.73 Å². The van der Waals surface area contributed by atoms with Crippen molar-refractivity contribution in [1.29, 1.82) is 0 Å². The summed E-state index contributed by atoms with van der Waals surface area (Å²) in [5, 5.41) is 0.579. The van der Waals surface area contributed by atoms with Crippen LogP contribution >= 0.6 is 11.6 Å². The van der Waals surface area contributed by atoms with Crippen LogP contribution in [0.4, 0.5) is 4.39 Å². The van der Waals surface area contributed by atoms with E-state index >= 15 is 0 Å². The Hall–Kier alpha value is -0.600. The normalized spacial score (nSPS) is 19.9. The molecule has 2 rings (SSSR count). The van der Waals surface area contributed by atoms with E-state index in [1.807, 2.05) is 0 Å². The number of hydrogen-bond acceptors (Lipinski definition) is 1. The van der Waals surface area contributed by atoms with Gasteiger partial charge in [0.05, 0.1) is 0 Å². The van der Waals surface area contributed by atoms with Crippen molar-refractivity contribution in [3.05, 3.63) is 34.6 Å². The zero-order chi connectivity index (χ0) is 10.2. The van der Waals surface area contributed by atoms with Crippen molar-refractivity contribution in [3.8, 4) is 0 Å². The second-order valence-corrected chi connectivity index (χ2v) is 4.39. The number of hydrogen-bond donors (Lipinski definition) is 1. The van der Waals surface area contributed by atoms with Gasteiger partial charge in [-0.15, -0.1) is 0 Å². The maximum absolute atomic E-state index is 13.1. The molecule has 1 aliphatic rings. The highest BCUT2D eigenvalue weighted by molar-refractivity contribution is 6.31. The highest BCUT2D eigenvalue weighted by atomic mass is 35.5. The van der Waals surface area contributed by atoms with Gasteiger partial charge in [0.1, 0.15) is 5.82 Å². The van der Waals surface area contributed by atoms with E-state index in [-0.39, 0.29) is 5.82 Å². The van der Waals surface area contributed by atoms with Crippen molar-refractivity contribution >= 4 is 11.6 Å². The first-order chi connectivity index (χ1) is 6.62. The van der Waals surface area contributed by atoms with Crippen LogP contribution in [0.1, 0.15) is 31.2 Å². The fourth-order valence-corrected chi connectivity index (χ4v) is 2.46. The molecule has 0 atom stereocenters. The molecule has 1 fully saturated rings. The van der Waals surface area contributed by atoms with E-state index in [0.29, 0.717) is 5.02 Å². The molecule has 0 unspecified atom stereocenters. The SMILES string of the molecule is NC1(c2cc(F)ccc2Cl)CCCC1. The molecule has 0 heterocycles. The van der Waals surface area contributed by atoms with Crippen LogP contribution in [0.15, 0.2) is 18.2 Å². The third kappa shape index (κ3) is 1.64. The largest absolute Gasteiger partial charge is 0.321 e. The molecule has 0 aliphatic heterocycles. The minimum atomic E-state index is -0.404. The Balaban J connectivity index is 2.44. The molecule has 1 aliphatic carbocycles. The van der Waals surface area contributed by atoms with E-state index in [0.717, 1.165) is 31.2 Å². The summed E-state index contributed by atoms with van der Waals surface area (Å²) >= 11 is 6.02. The molecule has 0 aromatic heterocycles. The zero-order valence-electron chi connectivity index (χ0n) is 7.89. The van der Waals surface area contributed by atoms with E-state index < -0.39 is 5.54 Å². The molecule has 0 spiro atoms. The molecule has 1 aromatic rings. The summed E-state index contributed by atoms with van der Waals surface area (Å²) < 4.78 is 13.1. The van der Waals surface area contributed by atoms with Crippen LogP contribution in [-0.2, 0) is 5.54 Å². The van der Waals surface area contributed by atoms with Gasteiger partial charge in [0, 0.05) is 10.6 Å². The number of rotatable bonds is 1. The van der Waals surface area contributed by atoms with Crippen LogP contribution in [-0.4, -0.2) is 0 Å². The van der Waals surface area contributed by atoms with Crippen LogP contribution in [0.5, 0.6) is 0 Å². The van der Waals surface area contributed by atoms with Gasteiger partial charge in [0.15, 0.2) is 0 Å². The number of benzene rings is 1. The molecule has 1 aromatic carbocycles. The van der Waals surface area contributed by atoms with E-state index in [1.165, 1.54) is 12.1 Å². The summed E-state index contributed by atoms with van der Waals surface area (Å²) in [5.74, 6) is -0.263. The molecule has 76 valence electrons. The van der Waals surface area contributed by atoms with Crippen molar-refractivity contribution in [2.45, 2.75) is 31.2 Å². The van der Waals surface area contributed by atoms with Gasteiger partial charge in [-0.2, -0.15) is 0 Å². The topological polar surface area (TPSA) is 26.0 Å². The second kappa shape index (κ2) is 3.52. The molecular weight excluding hydrogens is 201 g/mol. The third-order valence-electron chi connectivity index (χ3n) is 2.96. The Morgan fingerprint density at radius 1 is 1.29 bits per heavy atom. The Labute approximate surface area is 88.1 Å². The molecule has 3 heteroatoms. The van der Waals surface area contributed by atoms with Gasteiger partial charge in [-0.05, 0) is 36.6 Å². The lowest BCUT2D eigenvalue weighted by Gasteiger charge is -2.25. The maximum Gasteiger partial charge on any atom is 0.123 e. The Morgan fingerprint density at radius 3 is 2.57 bits per heavy atom.